The van der Waals surface area contributed by atoms with Crippen LogP contribution in [0.3, 0.4) is 0 Å². The molecule has 1 atom stereocenters. The SMILES string of the molecule is COc1cc(C2C(C#N)=C(N)Oc3c2ccc2c3=C(NC(C)=O)C(=O)N=2)cc(Br)c1OC. The molecule has 162 valence electrons. The zero-order valence-corrected chi connectivity index (χ0v) is 18.9. The Labute approximate surface area is 190 Å². The van der Waals surface area contributed by atoms with E-state index < -0.39 is 17.7 Å². The number of halogens is 1. The molecule has 0 spiro atoms. The van der Waals surface area contributed by atoms with E-state index in [9.17, 15) is 14.9 Å². The molecule has 10 heteroatoms. The van der Waals surface area contributed by atoms with Gasteiger partial charge in [0.05, 0.1) is 35.2 Å². The maximum atomic E-state index is 12.4. The highest BCUT2D eigenvalue weighted by Crippen LogP contribution is 2.45. The van der Waals surface area contributed by atoms with Gasteiger partial charge >= 0.3 is 0 Å². The van der Waals surface area contributed by atoms with Crippen molar-refractivity contribution in [3.63, 3.8) is 0 Å². The van der Waals surface area contributed by atoms with Gasteiger partial charge in [-0.25, -0.2) is 4.99 Å². The number of hydrogen-bond acceptors (Lipinski definition) is 7. The van der Waals surface area contributed by atoms with Gasteiger partial charge in [0, 0.05) is 12.5 Å². The van der Waals surface area contributed by atoms with Gasteiger partial charge in [0.2, 0.25) is 11.8 Å². The number of rotatable bonds is 4. The van der Waals surface area contributed by atoms with Crippen LogP contribution >= 0.6 is 15.9 Å². The third-order valence-corrected chi connectivity index (χ3v) is 5.73. The molecule has 2 aromatic rings. The number of hydrogen-bond donors (Lipinski definition) is 2. The van der Waals surface area contributed by atoms with Crippen LogP contribution in [0, 0.1) is 11.3 Å². The van der Waals surface area contributed by atoms with E-state index in [-0.39, 0.29) is 22.9 Å². The summed E-state index contributed by atoms with van der Waals surface area (Å²) >= 11 is 3.48. The van der Waals surface area contributed by atoms with E-state index in [4.69, 9.17) is 19.9 Å². The molecule has 2 aliphatic heterocycles. The van der Waals surface area contributed by atoms with Crippen LogP contribution in [-0.4, -0.2) is 26.0 Å². The highest BCUT2D eigenvalue weighted by atomic mass is 79.9. The van der Waals surface area contributed by atoms with Gasteiger partial charge in [-0.05, 0) is 39.7 Å². The van der Waals surface area contributed by atoms with Gasteiger partial charge < -0.3 is 25.3 Å². The summed E-state index contributed by atoms with van der Waals surface area (Å²) in [5.74, 6) is -0.535. The van der Waals surface area contributed by atoms with Crippen molar-refractivity contribution in [2.45, 2.75) is 12.8 Å². The summed E-state index contributed by atoms with van der Waals surface area (Å²) in [5, 5.41) is 13.0. The monoisotopic (exact) mass is 496 g/mol. The summed E-state index contributed by atoms with van der Waals surface area (Å²) in [7, 11) is 3.03. The number of nitrogens with one attached hydrogen (secondary N) is 1. The Kier molecular flexibility index (Phi) is 5.36. The lowest BCUT2D eigenvalue weighted by Gasteiger charge is -2.27. The predicted molar refractivity (Wildman–Crippen MR) is 116 cm³/mol. The van der Waals surface area contributed by atoms with Gasteiger partial charge in [0.15, 0.2) is 11.5 Å². The molecule has 0 radical (unpaired) electrons. The predicted octanol–water partition coefficient (Wildman–Crippen LogP) is 1.09. The number of nitrogens with two attached hydrogens (primary N) is 1. The summed E-state index contributed by atoms with van der Waals surface area (Å²) < 4.78 is 17.3. The Morgan fingerprint density at radius 1 is 1.31 bits per heavy atom. The molecule has 2 aliphatic rings. The molecule has 1 unspecified atom stereocenters. The van der Waals surface area contributed by atoms with Crippen molar-refractivity contribution in [3.05, 3.63) is 61.9 Å². The first-order valence-corrected chi connectivity index (χ1v) is 10.2. The van der Waals surface area contributed by atoms with Crippen molar-refractivity contribution < 1.29 is 23.8 Å². The number of carbonyl (C=O) groups is 2. The summed E-state index contributed by atoms with van der Waals surface area (Å²) in [4.78, 5) is 28.0. The second-order valence-corrected chi connectivity index (χ2v) is 7.87. The minimum atomic E-state index is -0.626. The summed E-state index contributed by atoms with van der Waals surface area (Å²) in [6.07, 6.45) is 0. The second-order valence-electron chi connectivity index (χ2n) is 7.01. The molecule has 9 nitrogen and oxygen atoms in total. The fourth-order valence-corrected chi connectivity index (χ4v) is 4.48. The van der Waals surface area contributed by atoms with Crippen LogP contribution in [0.25, 0.3) is 5.70 Å². The van der Waals surface area contributed by atoms with Crippen LogP contribution in [0.4, 0.5) is 0 Å². The Hall–Kier alpha value is -3.84. The van der Waals surface area contributed by atoms with Crippen molar-refractivity contribution in [1.29, 1.82) is 5.26 Å². The van der Waals surface area contributed by atoms with Gasteiger partial charge in [0.1, 0.15) is 23.1 Å². The first-order valence-electron chi connectivity index (χ1n) is 9.37. The molecule has 2 aromatic carbocycles. The van der Waals surface area contributed by atoms with Gasteiger partial charge in [-0.3, -0.25) is 9.59 Å². The van der Waals surface area contributed by atoms with E-state index in [2.05, 4.69) is 32.3 Å². The minimum absolute atomic E-state index is 0.00444. The molecule has 0 fully saturated rings. The van der Waals surface area contributed by atoms with Gasteiger partial charge in [0.25, 0.3) is 5.91 Å². The van der Waals surface area contributed by atoms with Crippen LogP contribution in [0.15, 0.2) is 45.2 Å². The number of nitrogens with zero attached hydrogens (tertiary/aromatic N) is 2. The van der Waals surface area contributed by atoms with Gasteiger partial charge in [-0.2, -0.15) is 5.26 Å². The van der Waals surface area contributed by atoms with E-state index in [0.717, 1.165) is 0 Å². The fraction of sp³-hybridized carbons (Fsp3) is 0.182. The average molecular weight is 497 g/mol. The molecule has 2 heterocycles. The summed E-state index contributed by atoms with van der Waals surface area (Å²) in [6.45, 7) is 1.29. The van der Waals surface area contributed by atoms with E-state index in [0.29, 0.717) is 37.7 Å². The third kappa shape index (κ3) is 3.27. The van der Waals surface area contributed by atoms with Crippen LogP contribution in [0.5, 0.6) is 17.2 Å². The average Bonchev–Trinajstić information content (AvgIpc) is 3.07. The summed E-state index contributed by atoms with van der Waals surface area (Å²) in [5.41, 5.74) is 7.59. The topological polar surface area (TPSA) is 136 Å². The number of amides is 2. The normalized spacial score (nSPS) is 16.4. The molecule has 0 aliphatic carbocycles. The molecular formula is C22H17BrN4O5. The number of methoxy groups -OCH3 is 2. The number of ether oxygens (including phenoxy) is 3. The van der Waals surface area contributed by atoms with E-state index in [1.165, 1.54) is 21.1 Å². The third-order valence-electron chi connectivity index (χ3n) is 5.14. The number of carbonyl (C=O) groups excluding carboxylic acids is 2. The fourth-order valence-electron chi connectivity index (χ4n) is 3.86. The van der Waals surface area contributed by atoms with Crippen LogP contribution in [0.2, 0.25) is 0 Å². The standard InChI is InChI=1S/C22H17BrN4O5/c1-9(28)26-18-17-14(27-22(18)29)5-4-11-16(12(8-24)21(25)32-19(11)17)10-6-13(23)20(31-3)15(7-10)30-2/h4-7,16H,25H2,1-3H3,(H,26,27,28,29). The number of nitriles is 1. The molecular weight excluding hydrogens is 480 g/mol. The van der Waals surface area contributed by atoms with E-state index in [1.54, 1.807) is 24.3 Å². The molecule has 0 saturated carbocycles. The van der Waals surface area contributed by atoms with Crippen molar-refractivity contribution in [2.24, 2.45) is 10.7 Å². The zero-order valence-electron chi connectivity index (χ0n) is 17.3. The molecule has 4 rings (SSSR count). The molecule has 0 saturated heterocycles. The lowest BCUT2D eigenvalue weighted by Crippen LogP contribution is -2.35. The maximum absolute atomic E-state index is 12.4. The van der Waals surface area contributed by atoms with Crippen molar-refractivity contribution in [1.82, 2.24) is 5.32 Å². The Morgan fingerprint density at radius 2 is 2.06 bits per heavy atom. The maximum Gasteiger partial charge on any atom is 0.294 e. The Balaban J connectivity index is 2.04. The molecule has 32 heavy (non-hydrogen) atoms. The zero-order chi connectivity index (χ0) is 23.2. The van der Waals surface area contributed by atoms with Crippen LogP contribution in [0.1, 0.15) is 24.0 Å². The van der Waals surface area contributed by atoms with E-state index in [1.807, 2.05) is 0 Å². The lowest BCUT2D eigenvalue weighted by atomic mass is 9.83. The number of allylic oxidation sites excluding steroid dienone is 1. The molecule has 3 N–H and O–H groups in total. The highest BCUT2D eigenvalue weighted by molar-refractivity contribution is 9.10. The van der Waals surface area contributed by atoms with Crippen molar-refractivity contribution in [2.75, 3.05) is 14.2 Å². The largest absolute Gasteiger partial charge is 0.493 e. The smallest absolute Gasteiger partial charge is 0.294 e. The number of benzene rings is 2. The second kappa shape index (κ2) is 8.01. The van der Waals surface area contributed by atoms with Gasteiger partial charge in [-0.15, -0.1) is 0 Å². The minimum Gasteiger partial charge on any atom is -0.493 e. The molecule has 2 amide bonds. The first kappa shape index (κ1) is 21.4. The number of fused-ring (bicyclic) bond motifs is 3. The molecule has 0 aromatic heterocycles. The van der Waals surface area contributed by atoms with E-state index >= 15 is 0 Å². The quantitative estimate of drug-likeness (QED) is 0.646. The van der Waals surface area contributed by atoms with Crippen LogP contribution in [-0.2, 0) is 9.59 Å². The first-order chi connectivity index (χ1) is 15.3. The highest BCUT2D eigenvalue weighted by Gasteiger charge is 2.34. The Bertz CT molecular complexity index is 1390. The van der Waals surface area contributed by atoms with Crippen molar-refractivity contribution in [3.8, 4) is 23.3 Å². The lowest BCUT2D eigenvalue weighted by molar-refractivity contribution is -0.119. The van der Waals surface area contributed by atoms with Crippen molar-refractivity contribution >= 4 is 33.4 Å². The van der Waals surface area contributed by atoms with Gasteiger partial charge in [-0.1, -0.05) is 6.07 Å². The Morgan fingerprint density at radius 3 is 2.69 bits per heavy atom. The summed E-state index contributed by atoms with van der Waals surface area (Å²) in [6, 6.07) is 9.03. The molecule has 0 bridgehead atoms. The van der Waals surface area contributed by atoms with Crippen LogP contribution < -0.4 is 35.8 Å².